The van der Waals surface area contributed by atoms with Gasteiger partial charge in [0.25, 0.3) is 10.0 Å². The van der Waals surface area contributed by atoms with Crippen molar-refractivity contribution < 1.29 is 22.7 Å². The van der Waals surface area contributed by atoms with Gasteiger partial charge in [-0.3, -0.25) is 13.9 Å². The molecule has 0 saturated heterocycles. The maximum atomic E-state index is 14.7. The quantitative estimate of drug-likeness (QED) is 0.123. The van der Waals surface area contributed by atoms with E-state index in [2.05, 4.69) is 5.32 Å². The summed E-state index contributed by atoms with van der Waals surface area (Å²) in [6, 6.07) is 38.7. The van der Waals surface area contributed by atoms with Gasteiger partial charge in [0.2, 0.25) is 11.8 Å². The molecule has 8 nitrogen and oxygen atoms in total. The highest BCUT2D eigenvalue weighted by molar-refractivity contribution is 7.92. The molecule has 0 heterocycles. The number of hydrogen-bond donors (Lipinski definition) is 1. The smallest absolute Gasteiger partial charge is 0.264 e. The van der Waals surface area contributed by atoms with Gasteiger partial charge >= 0.3 is 0 Å². The number of aryl methyl sites for hydroxylation is 2. The van der Waals surface area contributed by atoms with E-state index in [1.807, 2.05) is 106 Å². The van der Waals surface area contributed by atoms with Gasteiger partial charge in [-0.1, -0.05) is 97.4 Å². The minimum absolute atomic E-state index is 0.0486. The van der Waals surface area contributed by atoms with Gasteiger partial charge in [0.05, 0.1) is 10.6 Å². The number of hydrogen-bond acceptors (Lipinski definition) is 5. The van der Waals surface area contributed by atoms with Crippen molar-refractivity contribution in [3.8, 4) is 11.5 Å². The fraction of sp³-hybridized carbons (Fsp3) is 0.220. The van der Waals surface area contributed by atoms with Crippen molar-refractivity contribution in [2.45, 2.75) is 51.1 Å². The number of ether oxygens (including phenoxy) is 1. The van der Waals surface area contributed by atoms with Crippen LogP contribution in [0.4, 0.5) is 5.69 Å². The molecule has 0 bridgehead atoms. The van der Waals surface area contributed by atoms with Crippen molar-refractivity contribution in [1.82, 2.24) is 10.2 Å². The number of para-hydroxylation sites is 1. The van der Waals surface area contributed by atoms with Crippen LogP contribution in [0, 0.1) is 13.8 Å². The highest BCUT2D eigenvalue weighted by Gasteiger charge is 2.34. The molecule has 9 heteroatoms. The molecular weight excluding hydrogens is 647 g/mol. The summed E-state index contributed by atoms with van der Waals surface area (Å²) in [5, 5.41) is 2.98. The summed E-state index contributed by atoms with van der Waals surface area (Å²) < 4.78 is 35.8. The normalized spacial score (nSPS) is 11.7. The molecule has 1 N–H and O–H groups in total. The van der Waals surface area contributed by atoms with Crippen LogP contribution in [0.3, 0.4) is 0 Å². The number of nitrogens with one attached hydrogen (secondary N) is 1. The highest BCUT2D eigenvalue weighted by atomic mass is 32.2. The minimum Gasteiger partial charge on any atom is -0.457 e. The first-order valence-electron chi connectivity index (χ1n) is 16.7. The lowest BCUT2D eigenvalue weighted by Crippen LogP contribution is -2.53. The zero-order chi connectivity index (χ0) is 35.5. The van der Waals surface area contributed by atoms with E-state index < -0.39 is 28.5 Å². The molecule has 2 amide bonds. The molecule has 0 saturated carbocycles. The second kappa shape index (κ2) is 16.8. The molecule has 0 spiro atoms. The maximum absolute atomic E-state index is 14.7. The van der Waals surface area contributed by atoms with Gasteiger partial charge in [-0.2, -0.15) is 0 Å². The Labute approximate surface area is 295 Å². The third-order valence-corrected chi connectivity index (χ3v) is 10.2. The number of rotatable bonds is 15. The van der Waals surface area contributed by atoms with Gasteiger partial charge in [-0.25, -0.2) is 8.42 Å². The predicted octanol–water partition coefficient (Wildman–Crippen LogP) is 7.46. The molecule has 5 rings (SSSR count). The summed E-state index contributed by atoms with van der Waals surface area (Å²) in [6.45, 7) is 5.82. The van der Waals surface area contributed by atoms with Crippen LogP contribution < -0.4 is 14.4 Å². The van der Waals surface area contributed by atoms with Crippen molar-refractivity contribution in [3.63, 3.8) is 0 Å². The number of anilines is 1. The molecule has 1 unspecified atom stereocenters. The molecule has 0 fully saturated rings. The van der Waals surface area contributed by atoms with Gasteiger partial charge < -0.3 is 15.0 Å². The van der Waals surface area contributed by atoms with Crippen molar-refractivity contribution in [3.05, 3.63) is 156 Å². The third kappa shape index (κ3) is 9.18. The van der Waals surface area contributed by atoms with Crippen LogP contribution in [-0.4, -0.2) is 44.3 Å². The fourth-order valence-corrected chi connectivity index (χ4v) is 6.98. The zero-order valence-electron chi connectivity index (χ0n) is 28.7. The summed E-state index contributed by atoms with van der Waals surface area (Å²) in [4.78, 5) is 30.1. The number of carbonyl (C=O) groups excluding carboxylic acids is 2. The van der Waals surface area contributed by atoms with Crippen LogP contribution in [-0.2, 0) is 32.6 Å². The summed E-state index contributed by atoms with van der Waals surface area (Å²) >= 11 is 0. The fourth-order valence-electron chi connectivity index (χ4n) is 5.56. The molecule has 1 atom stereocenters. The number of benzene rings is 5. The molecule has 258 valence electrons. The summed E-state index contributed by atoms with van der Waals surface area (Å²) in [5.41, 5.74) is 3.88. The molecule has 5 aromatic carbocycles. The van der Waals surface area contributed by atoms with Crippen LogP contribution in [0.15, 0.2) is 138 Å². The lowest BCUT2D eigenvalue weighted by molar-refractivity contribution is -0.140. The second-order valence-corrected chi connectivity index (χ2v) is 14.0. The van der Waals surface area contributed by atoms with Crippen LogP contribution in [0.1, 0.15) is 35.6 Å². The van der Waals surface area contributed by atoms with Crippen LogP contribution in [0.2, 0.25) is 0 Å². The van der Waals surface area contributed by atoms with E-state index in [4.69, 9.17) is 4.74 Å². The Bertz CT molecular complexity index is 1970. The third-order valence-electron chi connectivity index (χ3n) is 8.41. The molecule has 0 aliphatic carbocycles. The van der Waals surface area contributed by atoms with Crippen molar-refractivity contribution >= 4 is 27.5 Å². The van der Waals surface area contributed by atoms with Gasteiger partial charge in [0, 0.05) is 19.5 Å². The van der Waals surface area contributed by atoms with E-state index in [1.165, 1.54) is 17.0 Å². The second-order valence-electron chi connectivity index (χ2n) is 12.2. The van der Waals surface area contributed by atoms with Gasteiger partial charge in [-0.05, 0) is 85.5 Å². The summed E-state index contributed by atoms with van der Waals surface area (Å²) in [6.07, 6.45) is 0.979. The molecule has 5 aromatic rings. The average molecular weight is 690 g/mol. The van der Waals surface area contributed by atoms with E-state index in [1.54, 1.807) is 36.4 Å². The molecule has 50 heavy (non-hydrogen) atoms. The van der Waals surface area contributed by atoms with E-state index in [0.29, 0.717) is 18.0 Å². The van der Waals surface area contributed by atoms with Crippen molar-refractivity contribution in [2.75, 3.05) is 17.4 Å². The van der Waals surface area contributed by atoms with Gasteiger partial charge in [0.1, 0.15) is 24.1 Å². The predicted molar refractivity (Wildman–Crippen MR) is 198 cm³/mol. The largest absolute Gasteiger partial charge is 0.457 e. The Morgan fingerprint density at radius 1 is 0.740 bits per heavy atom. The SMILES string of the molecule is CCCNC(=O)C(Cc1ccccc1)N(Cc1ccccc1C)C(=O)CN(c1ccc(Oc2ccccc2)cc1)S(=O)(=O)c1ccc(C)cc1. The summed E-state index contributed by atoms with van der Waals surface area (Å²) in [7, 11) is -4.23. The van der Waals surface area contributed by atoms with Crippen LogP contribution in [0.25, 0.3) is 0 Å². The standard InChI is InChI=1S/C41H43N3O5S/c1-4-27-42-41(46)39(28-33-14-7-5-8-15-33)43(29-34-16-12-11-13-32(34)3)40(45)30-44(50(47,48)38-25-19-31(2)20-26-38)35-21-23-37(24-22-35)49-36-17-9-6-10-18-36/h5-26,39H,4,27-30H2,1-3H3,(H,42,46). The number of nitrogens with zero attached hydrogens (tertiary/aromatic N) is 2. The topological polar surface area (TPSA) is 96.0 Å². The molecule has 0 aromatic heterocycles. The Hall–Kier alpha value is -5.41. The average Bonchev–Trinajstić information content (AvgIpc) is 3.13. The Morgan fingerprint density at radius 3 is 1.98 bits per heavy atom. The van der Waals surface area contributed by atoms with Crippen LogP contribution >= 0.6 is 0 Å². The number of amides is 2. The van der Waals surface area contributed by atoms with E-state index in [-0.39, 0.29) is 29.5 Å². The van der Waals surface area contributed by atoms with E-state index >= 15 is 0 Å². The van der Waals surface area contributed by atoms with E-state index in [0.717, 1.165) is 33.0 Å². The maximum Gasteiger partial charge on any atom is 0.264 e. The summed E-state index contributed by atoms with van der Waals surface area (Å²) in [5.74, 6) is 0.335. The molecule has 0 aliphatic heterocycles. The van der Waals surface area contributed by atoms with Gasteiger partial charge in [-0.15, -0.1) is 0 Å². The minimum atomic E-state index is -4.23. The van der Waals surface area contributed by atoms with Crippen molar-refractivity contribution in [1.29, 1.82) is 0 Å². The Balaban J connectivity index is 1.56. The number of carbonyl (C=O) groups is 2. The Kier molecular flexibility index (Phi) is 12.1. The highest BCUT2D eigenvalue weighted by Crippen LogP contribution is 2.29. The lowest BCUT2D eigenvalue weighted by atomic mass is 10.0. The first-order chi connectivity index (χ1) is 24.2. The lowest BCUT2D eigenvalue weighted by Gasteiger charge is -2.34. The molecule has 0 radical (unpaired) electrons. The molecular formula is C41H43N3O5S. The Morgan fingerprint density at radius 2 is 1.34 bits per heavy atom. The number of sulfonamides is 1. The van der Waals surface area contributed by atoms with Crippen molar-refractivity contribution in [2.24, 2.45) is 0 Å². The van der Waals surface area contributed by atoms with E-state index in [9.17, 15) is 18.0 Å². The zero-order valence-corrected chi connectivity index (χ0v) is 29.5. The van der Waals surface area contributed by atoms with Gasteiger partial charge in [0.15, 0.2) is 0 Å². The van der Waals surface area contributed by atoms with Crippen LogP contribution in [0.5, 0.6) is 11.5 Å². The molecule has 0 aliphatic rings. The monoisotopic (exact) mass is 689 g/mol. The first kappa shape index (κ1) is 35.9. The first-order valence-corrected chi connectivity index (χ1v) is 18.2.